The average Bonchev–Trinajstić information content (AvgIpc) is 2.60. The van der Waals surface area contributed by atoms with E-state index in [4.69, 9.17) is 0 Å². The molecule has 132 valence electrons. The first kappa shape index (κ1) is 17.7. The molecule has 0 saturated heterocycles. The van der Waals surface area contributed by atoms with E-state index in [2.05, 4.69) is 41.1 Å². The van der Waals surface area contributed by atoms with E-state index in [1.807, 2.05) is 6.08 Å². The van der Waals surface area contributed by atoms with Crippen LogP contribution in [0.5, 0.6) is 0 Å². The molecule has 1 aliphatic heterocycles. The maximum Gasteiger partial charge on any atom is 0.433 e. The van der Waals surface area contributed by atoms with Crippen molar-refractivity contribution in [1.82, 2.24) is 9.88 Å². The minimum atomic E-state index is -4.40. The highest BCUT2D eigenvalue weighted by Crippen LogP contribution is 2.29. The fourth-order valence-electron chi connectivity index (χ4n) is 3.07. The van der Waals surface area contributed by atoms with Gasteiger partial charge in [0.05, 0.1) is 5.69 Å². The minimum Gasteiger partial charge on any atom is -0.299 e. The Hall–Kier alpha value is -2.14. The van der Waals surface area contributed by atoms with E-state index < -0.39 is 11.9 Å². The molecule has 1 aliphatic rings. The summed E-state index contributed by atoms with van der Waals surface area (Å²) < 4.78 is 38.4. The Morgan fingerprint density at radius 3 is 2.60 bits per heavy atom. The lowest BCUT2D eigenvalue weighted by atomic mass is 10.0. The van der Waals surface area contributed by atoms with E-state index in [-0.39, 0.29) is 0 Å². The van der Waals surface area contributed by atoms with Crippen LogP contribution in [-0.4, -0.2) is 29.5 Å². The van der Waals surface area contributed by atoms with Crippen molar-refractivity contribution in [3.8, 4) is 0 Å². The number of halogens is 3. The molecule has 0 aliphatic carbocycles. The molecule has 1 aromatic carbocycles. The SMILES string of the molecule is Cc1cccc(CCN2CC=C(c3cccc(C(F)(F)F)n3)CC2)c1. The Morgan fingerprint density at radius 1 is 1.12 bits per heavy atom. The molecule has 0 atom stereocenters. The summed E-state index contributed by atoms with van der Waals surface area (Å²) >= 11 is 0. The summed E-state index contributed by atoms with van der Waals surface area (Å²) in [5, 5.41) is 0. The van der Waals surface area contributed by atoms with Crippen LogP contribution in [0.4, 0.5) is 13.2 Å². The van der Waals surface area contributed by atoms with Crippen molar-refractivity contribution >= 4 is 5.57 Å². The van der Waals surface area contributed by atoms with Crippen LogP contribution < -0.4 is 0 Å². The summed E-state index contributed by atoms with van der Waals surface area (Å²) in [5.41, 5.74) is 3.09. The average molecular weight is 346 g/mol. The van der Waals surface area contributed by atoms with Gasteiger partial charge in [0.25, 0.3) is 0 Å². The van der Waals surface area contributed by atoms with Crippen LogP contribution in [0.2, 0.25) is 0 Å². The van der Waals surface area contributed by atoms with Gasteiger partial charge in [0.15, 0.2) is 0 Å². The number of hydrogen-bond donors (Lipinski definition) is 0. The van der Waals surface area contributed by atoms with Crippen molar-refractivity contribution in [2.24, 2.45) is 0 Å². The Kier molecular flexibility index (Phi) is 5.23. The zero-order chi connectivity index (χ0) is 17.9. The molecule has 5 heteroatoms. The van der Waals surface area contributed by atoms with Crippen LogP contribution in [0.15, 0.2) is 48.5 Å². The van der Waals surface area contributed by atoms with Crippen LogP contribution in [0.3, 0.4) is 0 Å². The van der Waals surface area contributed by atoms with Crippen molar-refractivity contribution in [2.45, 2.75) is 25.9 Å². The maximum absolute atomic E-state index is 12.8. The van der Waals surface area contributed by atoms with Gasteiger partial charge in [-0.3, -0.25) is 4.90 Å². The molecule has 2 aromatic rings. The van der Waals surface area contributed by atoms with Crippen LogP contribution in [0.1, 0.15) is 28.9 Å². The molecule has 0 N–H and O–H groups in total. The number of aryl methyl sites for hydroxylation is 1. The first-order chi connectivity index (χ1) is 11.9. The fraction of sp³-hybridized carbons (Fsp3) is 0.350. The molecule has 0 unspecified atom stereocenters. The largest absolute Gasteiger partial charge is 0.433 e. The zero-order valence-corrected chi connectivity index (χ0v) is 14.2. The topological polar surface area (TPSA) is 16.1 Å². The van der Waals surface area contributed by atoms with Gasteiger partial charge in [-0.15, -0.1) is 0 Å². The lowest BCUT2D eigenvalue weighted by Crippen LogP contribution is -2.30. The number of pyridine rings is 1. The summed E-state index contributed by atoms with van der Waals surface area (Å²) in [5.74, 6) is 0. The third kappa shape index (κ3) is 4.69. The smallest absolute Gasteiger partial charge is 0.299 e. The minimum absolute atomic E-state index is 0.438. The number of hydrogen-bond acceptors (Lipinski definition) is 2. The normalized spacial score (nSPS) is 15.9. The molecule has 25 heavy (non-hydrogen) atoms. The highest BCUT2D eigenvalue weighted by atomic mass is 19.4. The van der Waals surface area contributed by atoms with Crippen LogP contribution in [0.25, 0.3) is 5.57 Å². The molecule has 0 amide bonds. The van der Waals surface area contributed by atoms with E-state index >= 15 is 0 Å². The first-order valence-electron chi connectivity index (χ1n) is 8.43. The van der Waals surface area contributed by atoms with E-state index in [1.54, 1.807) is 6.07 Å². The standard InChI is InChI=1S/C20H21F3N2/c1-15-4-2-5-16(14-15)8-11-25-12-9-17(10-13-25)18-6-3-7-19(24-18)20(21,22)23/h2-7,9,14H,8,10-13H2,1H3. The van der Waals surface area contributed by atoms with E-state index in [9.17, 15) is 13.2 Å². The molecule has 2 heterocycles. The van der Waals surface area contributed by atoms with Gasteiger partial charge in [0.2, 0.25) is 0 Å². The first-order valence-corrected chi connectivity index (χ1v) is 8.43. The third-order valence-corrected chi connectivity index (χ3v) is 4.46. The van der Waals surface area contributed by atoms with Crippen molar-refractivity contribution in [1.29, 1.82) is 0 Å². The van der Waals surface area contributed by atoms with Crippen molar-refractivity contribution < 1.29 is 13.2 Å². The molecular formula is C20H21F3N2. The number of nitrogens with zero attached hydrogens (tertiary/aromatic N) is 2. The van der Waals surface area contributed by atoms with Crippen molar-refractivity contribution in [3.05, 3.63) is 71.1 Å². The van der Waals surface area contributed by atoms with Crippen molar-refractivity contribution in [2.75, 3.05) is 19.6 Å². The van der Waals surface area contributed by atoms with Crippen LogP contribution >= 0.6 is 0 Å². The molecule has 3 rings (SSSR count). The Balaban J connectivity index is 1.61. The van der Waals surface area contributed by atoms with E-state index in [0.29, 0.717) is 5.69 Å². The van der Waals surface area contributed by atoms with Gasteiger partial charge in [0, 0.05) is 19.6 Å². The van der Waals surface area contributed by atoms with Gasteiger partial charge < -0.3 is 0 Å². The second-order valence-corrected chi connectivity index (χ2v) is 6.42. The molecule has 1 aromatic heterocycles. The van der Waals surface area contributed by atoms with E-state index in [0.717, 1.165) is 44.1 Å². The highest BCUT2D eigenvalue weighted by molar-refractivity contribution is 5.63. The third-order valence-electron chi connectivity index (χ3n) is 4.46. The molecule has 0 bridgehead atoms. The lowest BCUT2D eigenvalue weighted by Gasteiger charge is -2.26. The summed E-state index contributed by atoms with van der Waals surface area (Å²) in [4.78, 5) is 6.10. The molecule has 0 saturated carbocycles. The zero-order valence-electron chi connectivity index (χ0n) is 14.2. The molecule has 2 nitrogen and oxygen atoms in total. The highest BCUT2D eigenvalue weighted by Gasteiger charge is 2.32. The molecular weight excluding hydrogens is 325 g/mol. The summed E-state index contributed by atoms with van der Waals surface area (Å²) in [6, 6.07) is 12.6. The molecule has 0 fully saturated rings. The van der Waals surface area contributed by atoms with Gasteiger partial charge >= 0.3 is 6.18 Å². The molecule has 0 radical (unpaired) electrons. The summed E-state index contributed by atoms with van der Waals surface area (Å²) in [7, 11) is 0. The Labute approximate surface area is 146 Å². The fourth-order valence-corrected chi connectivity index (χ4v) is 3.07. The second kappa shape index (κ2) is 7.40. The Bertz CT molecular complexity index is 766. The van der Waals surface area contributed by atoms with Gasteiger partial charge in [0.1, 0.15) is 5.69 Å². The second-order valence-electron chi connectivity index (χ2n) is 6.42. The lowest BCUT2D eigenvalue weighted by molar-refractivity contribution is -0.141. The van der Waals surface area contributed by atoms with Gasteiger partial charge in [-0.05, 0) is 43.0 Å². The Morgan fingerprint density at radius 2 is 1.92 bits per heavy atom. The summed E-state index contributed by atoms with van der Waals surface area (Å²) in [6.07, 6.45) is -0.692. The van der Waals surface area contributed by atoms with Crippen LogP contribution in [-0.2, 0) is 12.6 Å². The number of aromatic nitrogens is 1. The predicted molar refractivity (Wildman–Crippen MR) is 93.2 cm³/mol. The van der Waals surface area contributed by atoms with E-state index in [1.165, 1.54) is 17.2 Å². The summed E-state index contributed by atoms with van der Waals surface area (Å²) in [6.45, 7) is 4.62. The maximum atomic E-state index is 12.8. The monoisotopic (exact) mass is 346 g/mol. The van der Waals surface area contributed by atoms with Crippen molar-refractivity contribution in [3.63, 3.8) is 0 Å². The number of rotatable bonds is 4. The quantitative estimate of drug-likeness (QED) is 0.795. The number of benzene rings is 1. The van der Waals surface area contributed by atoms with Gasteiger partial charge in [-0.25, -0.2) is 4.98 Å². The molecule has 0 spiro atoms. The van der Waals surface area contributed by atoms with Gasteiger partial charge in [-0.2, -0.15) is 13.2 Å². The van der Waals surface area contributed by atoms with Crippen LogP contribution in [0, 0.1) is 6.92 Å². The number of alkyl halides is 3. The van der Waals surface area contributed by atoms with Gasteiger partial charge in [-0.1, -0.05) is 42.0 Å². The predicted octanol–water partition coefficient (Wildman–Crippen LogP) is 4.74.